The molecule has 0 aliphatic carbocycles. The van der Waals surface area contributed by atoms with Crippen molar-refractivity contribution in [3.05, 3.63) is 46.2 Å². The summed E-state index contributed by atoms with van der Waals surface area (Å²) in [6.45, 7) is 2.32. The van der Waals surface area contributed by atoms with Crippen LogP contribution in [0.5, 0.6) is 0 Å². The predicted octanol–water partition coefficient (Wildman–Crippen LogP) is 1.74. The molecule has 0 N–H and O–H groups in total. The Kier molecular flexibility index (Phi) is 2.24. The van der Waals surface area contributed by atoms with Gasteiger partial charge in [-0.1, -0.05) is 0 Å². The highest BCUT2D eigenvalue weighted by Gasteiger charge is 2.12. The van der Waals surface area contributed by atoms with E-state index in [-0.39, 0.29) is 5.88 Å². The molecule has 0 radical (unpaired) electrons. The lowest BCUT2D eigenvalue weighted by molar-refractivity contribution is -0.402. The SMILES string of the molecule is Cc1nccn1Cc1ccc([N+](=O)[O-])o1. The van der Waals surface area contributed by atoms with Crippen molar-refractivity contribution in [2.75, 3.05) is 0 Å². The first-order valence-corrected chi connectivity index (χ1v) is 4.37. The number of nitrogens with zero attached hydrogens (tertiary/aromatic N) is 3. The molecule has 0 aliphatic rings. The third-order valence-corrected chi connectivity index (χ3v) is 2.08. The van der Waals surface area contributed by atoms with Crippen molar-refractivity contribution in [2.45, 2.75) is 13.5 Å². The largest absolute Gasteiger partial charge is 0.433 e. The molecule has 6 nitrogen and oxygen atoms in total. The topological polar surface area (TPSA) is 74.1 Å². The molecule has 0 bridgehead atoms. The second kappa shape index (κ2) is 3.56. The van der Waals surface area contributed by atoms with E-state index in [4.69, 9.17) is 4.42 Å². The second-order valence-electron chi connectivity index (χ2n) is 3.10. The molecule has 0 unspecified atom stereocenters. The molecule has 2 aromatic rings. The number of aromatic nitrogens is 2. The fourth-order valence-corrected chi connectivity index (χ4v) is 1.29. The molecule has 0 fully saturated rings. The molecule has 0 aromatic carbocycles. The van der Waals surface area contributed by atoms with E-state index in [0.717, 1.165) is 5.82 Å². The third-order valence-electron chi connectivity index (χ3n) is 2.08. The zero-order valence-corrected chi connectivity index (χ0v) is 8.08. The van der Waals surface area contributed by atoms with Crippen molar-refractivity contribution in [1.82, 2.24) is 9.55 Å². The first-order chi connectivity index (χ1) is 7.16. The third kappa shape index (κ3) is 1.88. The molecule has 78 valence electrons. The summed E-state index contributed by atoms with van der Waals surface area (Å²) in [6, 6.07) is 2.94. The van der Waals surface area contributed by atoms with Crippen LogP contribution in [-0.2, 0) is 6.54 Å². The quantitative estimate of drug-likeness (QED) is 0.567. The number of hydrogen-bond donors (Lipinski definition) is 0. The van der Waals surface area contributed by atoms with Crippen molar-refractivity contribution in [3.8, 4) is 0 Å². The average molecular weight is 207 g/mol. The fraction of sp³-hybridized carbons (Fsp3) is 0.222. The summed E-state index contributed by atoms with van der Waals surface area (Å²) in [4.78, 5) is 13.9. The Balaban J connectivity index is 2.18. The van der Waals surface area contributed by atoms with E-state index < -0.39 is 4.92 Å². The predicted molar refractivity (Wildman–Crippen MR) is 51.4 cm³/mol. The first-order valence-electron chi connectivity index (χ1n) is 4.37. The number of aryl methyl sites for hydroxylation is 1. The number of nitro groups is 1. The lowest BCUT2D eigenvalue weighted by atomic mass is 10.4. The van der Waals surface area contributed by atoms with Crippen LogP contribution in [0.4, 0.5) is 5.88 Å². The van der Waals surface area contributed by atoms with Gasteiger partial charge in [0.25, 0.3) is 0 Å². The van der Waals surface area contributed by atoms with Crippen LogP contribution in [0.15, 0.2) is 28.9 Å². The summed E-state index contributed by atoms with van der Waals surface area (Å²) in [6.07, 6.45) is 3.47. The van der Waals surface area contributed by atoms with E-state index >= 15 is 0 Å². The number of imidazole rings is 1. The van der Waals surface area contributed by atoms with Crippen LogP contribution >= 0.6 is 0 Å². The van der Waals surface area contributed by atoms with Gasteiger partial charge in [0.05, 0.1) is 12.6 Å². The van der Waals surface area contributed by atoms with Gasteiger partial charge in [0, 0.05) is 12.4 Å². The minimum atomic E-state index is -0.551. The normalized spacial score (nSPS) is 10.5. The van der Waals surface area contributed by atoms with Gasteiger partial charge < -0.3 is 8.98 Å². The van der Waals surface area contributed by atoms with Gasteiger partial charge in [-0.2, -0.15) is 0 Å². The van der Waals surface area contributed by atoms with Crippen LogP contribution in [0.1, 0.15) is 11.6 Å². The van der Waals surface area contributed by atoms with Crippen LogP contribution in [-0.4, -0.2) is 14.5 Å². The van der Waals surface area contributed by atoms with Gasteiger partial charge in [0.2, 0.25) is 0 Å². The molecule has 2 rings (SSSR count). The summed E-state index contributed by atoms with van der Waals surface area (Å²) in [5, 5.41) is 10.4. The molecule has 0 atom stereocenters. The highest BCUT2D eigenvalue weighted by atomic mass is 16.6. The van der Waals surface area contributed by atoms with E-state index in [2.05, 4.69) is 4.98 Å². The van der Waals surface area contributed by atoms with Gasteiger partial charge in [0.1, 0.15) is 16.5 Å². The maximum absolute atomic E-state index is 10.4. The summed E-state index contributed by atoms with van der Waals surface area (Å²) < 4.78 is 6.88. The van der Waals surface area contributed by atoms with Crippen LogP contribution in [0, 0.1) is 17.0 Å². The molecule has 0 saturated heterocycles. The molecule has 0 spiro atoms. The summed E-state index contributed by atoms with van der Waals surface area (Å²) in [5.74, 6) is 1.15. The van der Waals surface area contributed by atoms with Crippen molar-refractivity contribution in [1.29, 1.82) is 0 Å². The monoisotopic (exact) mass is 207 g/mol. The van der Waals surface area contributed by atoms with Gasteiger partial charge in [0.15, 0.2) is 0 Å². The van der Waals surface area contributed by atoms with Gasteiger partial charge in [-0.15, -0.1) is 0 Å². The summed E-state index contributed by atoms with van der Waals surface area (Å²) in [5.41, 5.74) is 0. The van der Waals surface area contributed by atoms with E-state index in [9.17, 15) is 10.1 Å². The zero-order valence-electron chi connectivity index (χ0n) is 8.08. The molecule has 6 heteroatoms. The highest BCUT2D eigenvalue weighted by molar-refractivity contribution is 5.18. The van der Waals surface area contributed by atoms with Crippen LogP contribution in [0.25, 0.3) is 0 Å². The molecular formula is C9H9N3O3. The molecule has 15 heavy (non-hydrogen) atoms. The van der Waals surface area contributed by atoms with Crippen molar-refractivity contribution in [2.24, 2.45) is 0 Å². The number of hydrogen-bond acceptors (Lipinski definition) is 4. The van der Waals surface area contributed by atoms with Crippen molar-refractivity contribution in [3.63, 3.8) is 0 Å². The minimum absolute atomic E-state index is 0.234. The van der Waals surface area contributed by atoms with Crippen LogP contribution in [0.3, 0.4) is 0 Å². The molecular weight excluding hydrogens is 198 g/mol. The van der Waals surface area contributed by atoms with Crippen molar-refractivity contribution >= 4 is 5.88 Å². The first kappa shape index (κ1) is 9.45. The summed E-state index contributed by atoms with van der Waals surface area (Å²) in [7, 11) is 0. The van der Waals surface area contributed by atoms with Gasteiger partial charge >= 0.3 is 5.88 Å². The highest BCUT2D eigenvalue weighted by Crippen LogP contribution is 2.16. The summed E-state index contributed by atoms with van der Waals surface area (Å²) >= 11 is 0. The van der Waals surface area contributed by atoms with Gasteiger partial charge in [-0.3, -0.25) is 10.1 Å². The van der Waals surface area contributed by atoms with E-state index in [1.165, 1.54) is 6.07 Å². The number of rotatable bonds is 3. The molecule has 2 aromatic heterocycles. The van der Waals surface area contributed by atoms with Crippen molar-refractivity contribution < 1.29 is 9.34 Å². The lowest BCUT2D eigenvalue weighted by Gasteiger charge is -2.00. The lowest BCUT2D eigenvalue weighted by Crippen LogP contribution is -1.99. The molecule has 0 amide bonds. The maximum Gasteiger partial charge on any atom is 0.433 e. The Bertz CT molecular complexity index is 486. The van der Waals surface area contributed by atoms with Gasteiger partial charge in [-0.25, -0.2) is 4.98 Å². The maximum atomic E-state index is 10.4. The Morgan fingerprint density at radius 1 is 1.60 bits per heavy atom. The number of furan rings is 1. The molecule has 2 heterocycles. The Morgan fingerprint density at radius 3 is 2.93 bits per heavy atom. The standard InChI is InChI=1S/C9H9N3O3/c1-7-10-4-5-11(7)6-8-2-3-9(15-8)12(13)14/h2-5H,6H2,1H3. The fourth-order valence-electron chi connectivity index (χ4n) is 1.29. The zero-order chi connectivity index (χ0) is 10.8. The van der Waals surface area contributed by atoms with Crippen LogP contribution in [0.2, 0.25) is 0 Å². The Hall–Kier alpha value is -2.11. The second-order valence-corrected chi connectivity index (χ2v) is 3.10. The van der Waals surface area contributed by atoms with Crippen LogP contribution < -0.4 is 0 Å². The van der Waals surface area contributed by atoms with E-state index in [1.54, 1.807) is 18.5 Å². The molecule has 0 saturated carbocycles. The van der Waals surface area contributed by atoms with E-state index in [1.807, 2.05) is 11.5 Å². The minimum Gasteiger partial charge on any atom is -0.404 e. The average Bonchev–Trinajstić information content (AvgIpc) is 2.77. The molecule has 0 aliphatic heterocycles. The van der Waals surface area contributed by atoms with Gasteiger partial charge in [-0.05, 0) is 13.0 Å². The van der Waals surface area contributed by atoms with E-state index in [0.29, 0.717) is 12.3 Å². The smallest absolute Gasteiger partial charge is 0.404 e. The Morgan fingerprint density at radius 2 is 2.40 bits per heavy atom. The Labute approximate surface area is 85.3 Å².